The molecule has 7 nitrogen and oxygen atoms in total. The van der Waals surface area contributed by atoms with E-state index >= 15 is 0 Å². The summed E-state index contributed by atoms with van der Waals surface area (Å²) in [5.41, 5.74) is 0. The van der Waals surface area contributed by atoms with E-state index in [0.29, 0.717) is 0 Å². The highest BCUT2D eigenvalue weighted by molar-refractivity contribution is 5.50. The molecule has 0 atom stereocenters. The third kappa shape index (κ3) is 58.5. The monoisotopic (exact) mass is 142 g/mol. The van der Waals surface area contributed by atoms with Gasteiger partial charge < -0.3 is 35.5 Å². The third-order valence-electron chi connectivity index (χ3n) is 0. The van der Waals surface area contributed by atoms with Gasteiger partial charge in [0, 0.05) is 0 Å². The Kier molecular flexibility index (Phi) is 16.9. The van der Waals surface area contributed by atoms with E-state index in [0.717, 1.165) is 0 Å². The fraction of sp³-hybridized carbons (Fsp3) is 0. The van der Waals surface area contributed by atoms with E-state index < -0.39 is 12.3 Å². The van der Waals surface area contributed by atoms with E-state index in [-0.39, 0.29) is 9.76 Å². The molecule has 9 heavy (non-hydrogen) atoms. The number of rotatable bonds is 0. The predicted molar refractivity (Wildman–Crippen MR) is 20.4 cm³/mol. The molecular weight excluding hydrogens is 136 g/mol. The van der Waals surface area contributed by atoms with Crippen molar-refractivity contribution >= 4 is 12.3 Å². The van der Waals surface area contributed by atoms with Crippen molar-refractivity contribution in [3.05, 3.63) is 0 Å². The molecule has 7 heteroatoms. The predicted octanol–water partition coefficient (Wildman–Crippen LogP) is -4.05. The summed E-state index contributed by atoms with van der Waals surface area (Å²) in [6.45, 7) is 0. The van der Waals surface area contributed by atoms with Crippen LogP contribution in [0.1, 0.15) is 4.28 Å². The van der Waals surface area contributed by atoms with Gasteiger partial charge in [-0.2, -0.15) is 0 Å². The number of hydrogen-bond acceptors (Lipinski definition) is 5. The van der Waals surface area contributed by atoms with Gasteiger partial charge in [-0.05, 0) is 6.16 Å². The van der Waals surface area contributed by atoms with Gasteiger partial charge in [-0.1, -0.05) is 0 Å². The summed E-state index contributed by atoms with van der Waals surface area (Å²) in [6, 6.07) is 0. The van der Waals surface area contributed by atoms with E-state index in [1.165, 1.54) is 0 Å². The Morgan fingerprint density at radius 1 is 1.22 bits per heavy atom. The Morgan fingerprint density at radius 2 is 1.22 bits per heavy atom. The van der Waals surface area contributed by atoms with Crippen LogP contribution in [0.25, 0.3) is 0 Å². The van der Waals surface area contributed by atoms with E-state index in [1.54, 1.807) is 0 Å². The third-order valence-corrected chi connectivity index (χ3v) is 0. The summed E-state index contributed by atoms with van der Waals surface area (Å²) in [6.07, 6.45) is -4.42. The SMILES string of the molecule is O.O=C([O-])O.O=C([O-])[O-].[H+].[H+].[H+]. The molecule has 0 amide bonds. The fourth-order valence-electron chi connectivity index (χ4n) is 0. The van der Waals surface area contributed by atoms with Crippen molar-refractivity contribution in [1.29, 1.82) is 0 Å². The Balaban J connectivity index is -0.0000000112. The van der Waals surface area contributed by atoms with Crippen molar-refractivity contribution < 1.29 is 39.8 Å². The number of hydrogen-bond donors (Lipinski definition) is 1. The molecule has 0 radical (unpaired) electrons. The van der Waals surface area contributed by atoms with E-state index in [4.69, 9.17) is 30.0 Å². The van der Waals surface area contributed by atoms with E-state index in [1.807, 2.05) is 0 Å². The van der Waals surface area contributed by atoms with Crippen LogP contribution in [0.15, 0.2) is 0 Å². The first-order chi connectivity index (χ1) is 3.46. The van der Waals surface area contributed by atoms with Crippen molar-refractivity contribution in [2.24, 2.45) is 0 Å². The first kappa shape index (κ1) is 15.6. The molecule has 0 bridgehead atoms. The maximum absolute atomic E-state index is 8.44. The van der Waals surface area contributed by atoms with Crippen molar-refractivity contribution in [2.75, 3.05) is 0 Å². The molecule has 0 aliphatic carbocycles. The molecule has 0 saturated heterocycles. The highest BCUT2D eigenvalue weighted by Crippen LogP contribution is 1.32. The zero-order valence-corrected chi connectivity index (χ0v) is 3.99. The fourth-order valence-corrected chi connectivity index (χ4v) is 0. The first-order valence-electron chi connectivity index (χ1n) is 1.24. The largest absolute Gasteiger partial charge is 1.00 e. The lowest BCUT2D eigenvalue weighted by Crippen LogP contribution is -2.37. The lowest BCUT2D eigenvalue weighted by Gasteiger charge is -1.96. The second-order valence-corrected chi connectivity index (χ2v) is 0.516. The van der Waals surface area contributed by atoms with Crippen molar-refractivity contribution in [3.63, 3.8) is 0 Å². The van der Waals surface area contributed by atoms with Gasteiger partial charge in [0.2, 0.25) is 6.16 Å². The molecule has 0 fully saturated rings. The molecule has 0 spiro atoms. The standard InChI is InChI=1S/2CH2O3.H2O/c2*2-1(3)4;/h2*(H2,2,3,4);1H2. The average Bonchev–Trinajstić information content (AvgIpc) is 1.25. The van der Waals surface area contributed by atoms with Crippen LogP contribution in [-0.4, -0.2) is 22.9 Å². The molecule has 56 valence electrons. The highest BCUT2D eigenvalue weighted by atomic mass is 16.6. The second-order valence-electron chi connectivity index (χ2n) is 0.516. The molecule has 0 aromatic rings. The van der Waals surface area contributed by atoms with Crippen molar-refractivity contribution in [3.8, 4) is 0 Å². The molecule has 0 aliphatic rings. The van der Waals surface area contributed by atoms with Crippen LogP contribution in [0, 0.1) is 0 Å². The average molecular weight is 142 g/mol. The van der Waals surface area contributed by atoms with Gasteiger partial charge in [-0.3, -0.25) is 0 Å². The van der Waals surface area contributed by atoms with Gasteiger partial charge in [-0.15, -0.1) is 0 Å². The van der Waals surface area contributed by atoms with Gasteiger partial charge in [0.15, 0.2) is 0 Å². The highest BCUT2D eigenvalue weighted by Gasteiger charge is 1.51. The van der Waals surface area contributed by atoms with Crippen LogP contribution < -0.4 is 15.3 Å². The van der Waals surface area contributed by atoms with Gasteiger partial charge >= 0.3 is 4.28 Å². The number of carbonyl (C=O) groups excluding carboxylic acids is 1. The van der Waals surface area contributed by atoms with Gasteiger partial charge in [0.25, 0.3) is 0 Å². The topological polar surface area (TPSA) is 155 Å². The summed E-state index contributed by atoms with van der Waals surface area (Å²) in [5, 5.41) is 32.0. The molecule has 0 aliphatic heterocycles. The zero-order chi connectivity index (χ0) is 7.15. The quantitative estimate of drug-likeness (QED) is 0.362. The van der Waals surface area contributed by atoms with Crippen molar-refractivity contribution in [2.45, 2.75) is 0 Å². The lowest BCUT2D eigenvalue weighted by molar-refractivity contribution is -0.415. The maximum Gasteiger partial charge on any atom is 1.00 e. The molecule has 0 unspecified atom stereocenters. The molecule has 0 heterocycles. The van der Waals surface area contributed by atoms with Crippen LogP contribution in [-0.2, 0) is 0 Å². The van der Waals surface area contributed by atoms with Crippen molar-refractivity contribution in [1.82, 2.24) is 0 Å². The smallest absolute Gasteiger partial charge is 0.652 e. The summed E-state index contributed by atoms with van der Waals surface area (Å²) in [4.78, 5) is 16.8. The lowest BCUT2D eigenvalue weighted by atomic mass is 11.5. The van der Waals surface area contributed by atoms with Gasteiger partial charge in [0.1, 0.15) is 0 Å². The summed E-state index contributed by atoms with van der Waals surface area (Å²) >= 11 is 0. The minimum absolute atomic E-state index is 0. The second kappa shape index (κ2) is 9.71. The molecule has 0 aromatic carbocycles. The number of carbonyl (C=O) groups is 2. The normalized spacial score (nSPS) is 5.33. The van der Waals surface area contributed by atoms with Crippen LogP contribution in [0.2, 0.25) is 0 Å². The van der Waals surface area contributed by atoms with E-state index in [9.17, 15) is 0 Å². The number of carboxylic acid groups (broad SMARTS) is 4. The van der Waals surface area contributed by atoms with Crippen LogP contribution in [0.5, 0.6) is 0 Å². The molecule has 0 saturated carbocycles. The van der Waals surface area contributed by atoms with Crippen LogP contribution >= 0.6 is 0 Å². The molecular formula is C2H6O7. The Morgan fingerprint density at radius 3 is 1.22 bits per heavy atom. The Labute approximate surface area is 53.5 Å². The van der Waals surface area contributed by atoms with Crippen LogP contribution in [0.3, 0.4) is 0 Å². The summed E-state index contributed by atoms with van der Waals surface area (Å²) < 4.78 is 0. The Bertz CT molecular complexity index is 74.7. The zero-order valence-electron chi connectivity index (χ0n) is 6.99. The minimum Gasteiger partial charge on any atom is -0.652 e. The summed E-state index contributed by atoms with van der Waals surface area (Å²) in [7, 11) is 0. The van der Waals surface area contributed by atoms with Gasteiger partial charge in [-0.25, -0.2) is 0 Å². The first-order valence-corrected chi connectivity index (χ1v) is 1.24. The van der Waals surface area contributed by atoms with Gasteiger partial charge in [0.05, 0.1) is 0 Å². The molecule has 3 N–H and O–H groups in total. The maximum atomic E-state index is 8.44. The van der Waals surface area contributed by atoms with E-state index in [2.05, 4.69) is 0 Å². The van der Waals surface area contributed by atoms with Crippen LogP contribution in [0.4, 0.5) is 9.59 Å². The summed E-state index contributed by atoms with van der Waals surface area (Å²) in [5.74, 6) is 0. The Hall–Kier alpha value is -1.50. The minimum atomic E-state index is -2.33. The molecule has 0 rings (SSSR count). The molecule has 0 aromatic heterocycles.